The van der Waals surface area contributed by atoms with Gasteiger partial charge in [-0.05, 0) is 66.4 Å². The van der Waals surface area contributed by atoms with E-state index in [0.29, 0.717) is 18.2 Å². The van der Waals surface area contributed by atoms with Crippen LogP contribution >= 0.6 is 15.9 Å². The molecule has 0 radical (unpaired) electrons. The Morgan fingerprint density at radius 3 is 2.42 bits per heavy atom. The number of amides is 1. The van der Waals surface area contributed by atoms with Crippen molar-refractivity contribution in [2.24, 2.45) is 0 Å². The van der Waals surface area contributed by atoms with Crippen molar-refractivity contribution in [1.29, 1.82) is 0 Å². The molecule has 1 N–H and O–H groups in total. The van der Waals surface area contributed by atoms with Gasteiger partial charge in [0.25, 0.3) is 5.91 Å². The summed E-state index contributed by atoms with van der Waals surface area (Å²) in [6.45, 7) is 10.3. The van der Waals surface area contributed by atoms with Gasteiger partial charge < -0.3 is 14.8 Å². The van der Waals surface area contributed by atoms with Crippen molar-refractivity contribution in [3.8, 4) is 11.5 Å². The van der Waals surface area contributed by atoms with Crippen LogP contribution in [-0.2, 0) is 4.79 Å². The van der Waals surface area contributed by atoms with Crippen molar-refractivity contribution in [1.82, 2.24) is 0 Å². The molecule has 0 aliphatic carbocycles. The molecule has 2 rings (SSSR count). The average molecular weight is 418 g/mol. The molecule has 4 nitrogen and oxygen atoms in total. The fourth-order valence-electron chi connectivity index (χ4n) is 2.28. The van der Waals surface area contributed by atoms with Crippen LogP contribution in [0.25, 0.3) is 0 Å². The predicted octanol–water partition coefficient (Wildman–Crippen LogP) is 5.54. The molecule has 0 saturated carbocycles. The van der Waals surface area contributed by atoms with Gasteiger partial charge in [0, 0.05) is 10.2 Å². The largest absolute Gasteiger partial charge is 0.489 e. The Morgan fingerprint density at radius 2 is 1.81 bits per heavy atom. The number of hydrogen-bond donors (Lipinski definition) is 1. The molecule has 138 valence electrons. The molecule has 0 spiro atoms. The van der Waals surface area contributed by atoms with Crippen molar-refractivity contribution < 1.29 is 14.3 Å². The van der Waals surface area contributed by atoms with E-state index in [4.69, 9.17) is 9.47 Å². The van der Waals surface area contributed by atoms with Crippen LogP contribution in [0.1, 0.15) is 32.3 Å². The van der Waals surface area contributed by atoms with Gasteiger partial charge in [-0.25, -0.2) is 0 Å². The summed E-state index contributed by atoms with van der Waals surface area (Å²) in [5.41, 5.74) is 2.71. The summed E-state index contributed by atoms with van der Waals surface area (Å²) < 4.78 is 12.2. The maximum absolute atomic E-state index is 12.1. The molecular weight excluding hydrogens is 394 g/mol. The minimum Gasteiger partial charge on any atom is -0.489 e. The molecule has 1 amide bonds. The first-order chi connectivity index (χ1) is 12.3. The van der Waals surface area contributed by atoms with Crippen LogP contribution < -0.4 is 14.8 Å². The third-order valence-electron chi connectivity index (χ3n) is 3.58. The Hall–Kier alpha value is -2.27. The van der Waals surface area contributed by atoms with Crippen LogP contribution in [0.3, 0.4) is 0 Å². The van der Waals surface area contributed by atoms with Gasteiger partial charge in [0.2, 0.25) is 0 Å². The Kier molecular flexibility index (Phi) is 7.27. The Labute approximate surface area is 163 Å². The molecule has 2 aromatic carbocycles. The second kappa shape index (κ2) is 9.43. The number of ether oxygens (including phenoxy) is 2. The number of nitrogens with one attached hydrogen (secondary N) is 1. The number of halogens is 1. The molecule has 0 fully saturated rings. The zero-order chi connectivity index (χ0) is 19.1. The highest BCUT2D eigenvalue weighted by Gasteiger charge is 2.11. The van der Waals surface area contributed by atoms with E-state index in [1.165, 1.54) is 0 Å². The van der Waals surface area contributed by atoms with E-state index in [0.717, 1.165) is 27.1 Å². The Balaban J connectivity index is 1.90. The molecule has 0 heterocycles. The van der Waals surface area contributed by atoms with Gasteiger partial charge in [0.05, 0.1) is 0 Å². The van der Waals surface area contributed by atoms with E-state index >= 15 is 0 Å². The molecule has 0 aliphatic rings. The normalized spacial score (nSPS) is 10.5. The first kappa shape index (κ1) is 20.0. The Morgan fingerprint density at radius 1 is 1.12 bits per heavy atom. The number of carbonyl (C=O) groups is 1. The van der Waals surface area contributed by atoms with Gasteiger partial charge in [-0.1, -0.05) is 36.4 Å². The summed E-state index contributed by atoms with van der Waals surface area (Å²) >= 11 is 3.46. The van der Waals surface area contributed by atoms with Crippen LogP contribution in [0.4, 0.5) is 5.69 Å². The van der Waals surface area contributed by atoms with Gasteiger partial charge in [-0.2, -0.15) is 0 Å². The van der Waals surface area contributed by atoms with Gasteiger partial charge in [-0.3, -0.25) is 4.79 Å². The molecule has 0 saturated heterocycles. The second-order valence-corrected chi connectivity index (χ2v) is 7.36. The zero-order valence-electron chi connectivity index (χ0n) is 15.3. The molecular formula is C21H24BrNO3. The quantitative estimate of drug-likeness (QED) is 0.573. The minimum atomic E-state index is -0.210. The Bertz CT molecular complexity index is 769. The maximum atomic E-state index is 12.1. The highest BCUT2D eigenvalue weighted by molar-refractivity contribution is 9.10. The molecule has 0 unspecified atom stereocenters. The lowest BCUT2D eigenvalue weighted by molar-refractivity contribution is -0.118. The van der Waals surface area contributed by atoms with Crippen molar-refractivity contribution in [3.63, 3.8) is 0 Å². The summed E-state index contributed by atoms with van der Waals surface area (Å²) in [4.78, 5) is 12.1. The third kappa shape index (κ3) is 6.23. The monoisotopic (exact) mass is 417 g/mol. The summed E-state index contributed by atoms with van der Waals surface area (Å²) in [5.74, 6) is 1.55. The van der Waals surface area contributed by atoms with E-state index in [1.807, 2.05) is 37.3 Å². The van der Waals surface area contributed by atoms with E-state index in [1.54, 1.807) is 12.1 Å². The fraction of sp³-hybridized carbons (Fsp3) is 0.286. The average Bonchev–Trinajstić information content (AvgIpc) is 2.60. The SMILES string of the molecule is C=C(C)COc1ccc(NC(=O)COc2ccc(Br)cc2C(C)C)cc1. The number of benzene rings is 2. The molecule has 2 aromatic rings. The number of carbonyl (C=O) groups excluding carboxylic acids is 1. The van der Waals surface area contributed by atoms with Crippen molar-refractivity contribution in [2.45, 2.75) is 26.7 Å². The highest BCUT2D eigenvalue weighted by Crippen LogP contribution is 2.29. The summed E-state index contributed by atoms with van der Waals surface area (Å²) in [6, 6.07) is 13.0. The van der Waals surface area contributed by atoms with E-state index in [9.17, 15) is 4.79 Å². The van der Waals surface area contributed by atoms with Crippen LogP contribution in [0.2, 0.25) is 0 Å². The minimum absolute atomic E-state index is 0.0464. The number of anilines is 1. The van der Waals surface area contributed by atoms with Crippen molar-refractivity contribution in [2.75, 3.05) is 18.5 Å². The lowest BCUT2D eigenvalue weighted by atomic mass is 10.0. The summed E-state index contributed by atoms with van der Waals surface area (Å²) in [5, 5.41) is 2.82. The molecule has 5 heteroatoms. The van der Waals surface area contributed by atoms with E-state index < -0.39 is 0 Å². The lowest BCUT2D eigenvalue weighted by Crippen LogP contribution is -2.20. The summed E-state index contributed by atoms with van der Waals surface area (Å²) in [7, 11) is 0. The molecule has 0 aliphatic heterocycles. The van der Waals surface area contributed by atoms with Crippen LogP contribution in [0.15, 0.2) is 59.1 Å². The summed E-state index contributed by atoms with van der Waals surface area (Å²) in [6.07, 6.45) is 0. The van der Waals surface area contributed by atoms with Crippen molar-refractivity contribution in [3.05, 3.63) is 64.7 Å². The maximum Gasteiger partial charge on any atom is 0.262 e. The molecule has 0 atom stereocenters. The van der Waals surface area contributed by atoms with Gasteiger partial charge >= 0.3 is 0 Å². The van der Waals surface area contributed by atoms with Crippen molar-refractivity contribution >= 4 is 27.5 Å². The molecule has 0 bridgehead atoms. The first-order valence-corrected chi connectivity index (χ1v) is 9.24. The zero-order valence-corrected chi connectivity index (χ0v) is 16.9. The van der Waals surface area contributed by atoms with Crippen LogP contribution in [-0.4, -0.2) is 19.1 Å². The van der Waals surface area contributed by atoms with Gasteiger partial charge in [0.1, 0.15) is 18.1 Å². The number of hydrogen-bond acceptors (Lipinski definition) is 3. The third-order valence-corrected chi connectivity index (χ3v) is 4.07. The molecule has 26 heavy (non-hydrogen) atoms. The first-order valence-electron chi connectivity index (χ1n) is 8.44. The standard InChI is InChI=1S/C21H24BrNO3/c1-14(2)12-25-18-8-6-17(7-9-18)23-21(24)13-26-20-10-5-16(22)11-19(20)15(3)4/h5-11,15H,1,12-13H2,2-4H3,(H,23,24). The van der Waals surface area contributed by atoms with E-state index in [2.05, 4.69) is 41.7 Å². The van der Waals surface area contributed by atoms with E-state index in [-0.39, 0.29) is 12.5 Å². The topological polar surface area (TPSA) is 47.6 Å². The second-order valence-electron chi connectivity index (χ2n) is 6.44. The van der Waals surface area contributed by atoms with Crippen LogP contribution in [0, 0.1) is 0 Å². The lowest BCUT2D eigenvalue weighted by Gasteiger charge is -2.14. The van der Waals surface area contributed by atoms with Gasteiger partial charge in [-0.15, -0.1) is 0 Å². The predicted molar refractivity (Wildman–Crippen MR) is 109 cm³/mol. The number of rotatable bonds is 8. The molecule has 0 aromatic heterocycles. The fourth-order valence-corrected chi connectivity index (χ4v) is 2.66. The van der Waals surface area contributed by atoms with Gasteiger partial charge in [0.15, 0.2) is 6.61 Å². The van der Waals surface area contributed by atoms with Crippen LogP contribution in [0.5, 0.6) is 11.5 Å². The smallest absolute Gasteiger partial charge is 0.262 e. The highest BCUT2D eigenvalue weighted by atomic mass is 79.9.